The molecule has 7 heteroatoms. The Kier molecular flexibility index (Phi) is 5.35. The highest BCUT2D eigenvalue weighted by Gasteiger charge is 2.02. The van der Waals surface area contributed by atoms with Gasteiger partial charge in [-0.25, -0.2) is 13.8 Å². The van der Waals surface area contributed by atoms with E-state index in [0.29, 0.717) is 0 Å². The summed E-state index contributed by atoms with van der Waals surface area (Å²) in [6, 6.07) is 10.6. The monoisotopic (exact) mass is 359 g/mol. The summed E-state index contributed by atoms with van der Waals surface area (Å²) in [7, 11) is 0. The van der Waals surface area contributed by atoms with E-state index in [4.69, 9.17) is 4.74 Å². The molecule has 0 fully saturated rings. The van der Waals surface area contributed by atoms with Crippen LogP contribution in [0.2, 0.25) is 0 Å². The first-order valence-electron chi connectivity index (χ1n) is 7.47. The lowest BCUT2D eigenvalue weighted by Crippen LogP contribution is -1.97. The molecule has 128 valence electrons. The summed E-state index contributed by atoms with van der Waals surface area (Å²) < 4.78 is 31.6. The molecule has 0 aliphatic heterocycles. The summed E-state index contributed by atoms with van der Waals surface area (Å²) in [5.74, 6) is -1.17. The average Bonchev–Trinajstić information content (AvgIpc) is 2.99. The van der Waals surface area contributed by atoms with Crippen LogP contribution in [-0.4, -0.2) is 11.2 Å². The van der Waals surface area contributed by atoms with Crippen LogP contribution in [0.3, 0.4) is 0 Å². The highest BCUT2D eigenvalue weighted by atomic mass is 32.1. The summed E-state index contributed by atoms with van der Waals surface area (Å²) >= 11 is 1.49. The molecular formula is C18H15F2N3OS. The number of hydrazone groups is 1. The van der Waals surface area contributed by atoms with Gasteiger partial charge in [-0.15, -0.1) is 11.3 Å². The molecule has 0 bridgehead atoms. The van der Waals surface area contributed by atoms with Gasteiger partial charge < -0.3 is 4.74 Å². The van der Waals surface area contributed by atoms with Gasteiger partial charge in [-0.3, -0.25) is 5.43 Å². The zero-order valence-electron chi connectivity index (χ0n) is 13.4. The zero-order valence-corrected chi connectivity index (χ0v) is 14.2. The lowest BCUT2D eigenvalue weighted by atomic mass is 10.1. The van der Waals surface area contributed by atoms with Gasteiger partial charge in [0.05, 0.1) is 11.9 Å². The van der Waals surface area contributed by atoms with Crippen LogP contribution in [0.4, 0.5) is 13.9 Å². The third kappa shape index (κ3) is 5.09. The van der Waals surface area contributed by atoms with Gasteiger partial charge in [0.2, 0.25) is 5.13 Å². The maximum absolute atomic E-state index is 13.1. The first kappa shape index (κ1) is 17.0. The molecule has 4 nitrogen and oxygen atoms in total. The van der Waals surface area contributed by atoms with Crippen molar-refractivity contribution in [3.8, 4) is 5.75 Å². The number of nitrogens with one attached hydrogen (secondary N) is 1. The fourth-order valence-electron chi connectivity index (χ4n) is 2.05. The van der Waals surface area contributed by atoms with Crippen LogP contribution in [0, 0.1) is 18.6 Å². The van der Waals surface area contributed by atoms with Crippen molar-refractivity contribution in [2.45, 2.75) is 13.5 Å². The molecule has 0 aliphatic carbocycles. The number of halogens is 2. The number of aryl methyl sites for hydroxylation is 1. The molecule has 3 rings (SSSR count). The van der Waals surface area contributed by atoms with Crippen LogP contribution >= 0.6 is 11.3 Å². The van der Waals surface area contributed by atoms with Crippen LogP contribution in [0.15, 0.2) is 52.9 Å². The highest BCUT2D eigenvalue weighted by Crippen LogP contribution is 2.17. The molecule has 0 spiro atoms. The number of benzene rings is 2. The molecule has 1 heterocycles. The van der Waals surface area contributed by atoms with E-state index in [1.54, 1.807) is 6.21 Å². The van der Waals surface area contributed by atoms with Gasteiger partial charge in [0.1, 0.15) is 24.0 Å². The van der Waals surface area contributed by atoms with E-state index in [1.165, 1.54) is 11.3 Å². The Balaban J connectivity index is 1.54. The van der Waals surface area contributed by atoms with Gasteiger partial charge in [-0.1, -0.05) is 24.3 Å². The standard InChI is InChI=1S/C18H15F2N3OS/c1-12-11-25-18(22-12)23-21-9-13-2-4-14(5-3-13)10-24-17-7-15(19)6-16(20)8-17/h2-9,11H,10H2,1H3,(H,22,23). The molecule has 0 radical (unpaired) electrons. The maximum Gasteiger partial charge on any atom is 0.203 e. The van der Waals surface area contributed by atoms with Crippen LogP contribution in [-0.2, 0) is 6.61 Å². The van der Waals surface area contributed by atoms with Gasteiger partial charge in [0, 0.05) is 23.6 Å². The Labute approximate surface area is 147 Å². The number of nitrogens with zero attached hydrogens (tertiary/aromatic N) is 2. The van der Waals surface area contributed by atoms with Crippen molar-refractivity contribution in [3.05, 3.63) is 76.3 Å². The van der Waals surface area contributed by atoms with Gasteiger partial charge in [0.15, 0.2) is 0 Å². The van der Waals surface area contributed by atoms with Crippen LogP contribution in [0.1, 0.15) is 16.8 Å². The van der Waals surface area contributed by atoms with E-state index in [9.17, 15) is 8.78 Å². The number of hydrogen-bond acceptors (Lipinski definition) is 5. The molecule has 0 saturated heterocycles. The molecular weight excluding hydrogens is 344 g/mol. The topological polar surface area (TPSA) is 46.5 Å². The van der Waals surface area contributed by atoms with Gasteiger partial charge in [-0.2, -0.15) is 5.10 Å². The second-order valence-electron chi connectivity index (χ2n) is 5.30. The van der Waals surface area contributed by atoms with E-state index < -0.39 is 11.6 Å². The van der Waals surface area contributed by atoms with Crippen LogP contribution in [0.25, 0.3) is 0 Å². The Morgan fingerprint density at radius 2 is 1.88 bits per heavy atom. The van der Waals surface area contributed by atoms with Crippen molar-refractivity contribution in [1.82, 2.24) is 4.98 Å². The lowest BCUT2D eigenvalue weighted by molar-refractivity contribution is 0.302. The number of ether oxygens (including phenoxy) is 1. The minimum Gasteiger partial charge on any atom is -0.489 e. The average molecular weight is 359 g/mol. The van der Waals surface area contributed by atoms with Crippen molar-refractivity contribution in [2.24, 2.45) is 5.10 Å². The fourth-order valence-corrected chi connectivity index (χ4v) is 2.68. The summed E-state index contributed by atoms with van der Waals surface area (Å²) in [6.07, 6.45) is 1.68. The Hall–Kier alpha value is -2.80. The van der Waals surface area contributed by atoms with E-state index in [0.717, 1.165) is 40.2 Å². The second kappa shape index (κ2) is 7.85. The molecule has 0 atom stereocenters. The first-order valence-corrected chi connectivity index (χ1v) is 8.35. The maximum atomic E-state index is 13.1. The summed E-state index contributed by atoms with van der Waals surface area (Å²) in [6.45, 7) is 2.14. The molecule has 2 aromatic carbocycles. The van der Waals surface area contributed by atoms with Crippen molar-refractivity contribution < 1.29 is 13.5 Å². The van der Waals surface area contributed by atoms with Crippen molar-refractivity contribution >= 4 is 22.7 Å². The van der Waals surface area contributed by atoms with Gasteiger partial charge in [0.25, 0.3) is 0 Å². The van der Waals surface area contributed by atoms with Crippen molar-refractivity contribution in [3.63, 3.8) is 0 Å². The molecule has 1 aromatic heterocycles. The van der Waals surface area contributed by atoms with Gasteiger partial charge in [-0.05, 0) is 18.1 Å². The summed E-state index contributed by atoms with van der Waals surface area (Å²) in [5.41, 5.74) is 5.60. The Morgan fingerprint density at radius 3 is 2.52 bits per heavy atom. The van der Waals surface area contributed by atoms with Crippen molar-refractivity contribution in [2.75, 3.05) is 5.43 Å². The molecule has 0 amide bonds. The first-order chi connectivity index (χ1) is 12.1. The predicted molar refractivity (Wildman–Crippen MR) is 95.2 cm³/mol. The zero-order chi connectivity index (χ0) is 17.6. The molecule has 3 aromatic rings. The van der Waals surface area contributed by atoms with Gasteiger partial charge >= 0.3 is 0 Å². The number of rotatable bonds is 6. The molecule has 0 unspecified atom stereocenters. The lowest BCUT2D eigenvalue weighted by Gasteiger charge is -2.07. The quantitative estimate of drug-likeness (QED) is 0.510. The third-order valence-electron chi connectivity index (χ3n) is 3.21. The second-order valence-corrected chi connectivity index (χ2v) is 6.16. The Morgan fingerprint density at radius 1 is 1.16 bits per heavy atom. The SMILES string of the molecule is Cc1csc(NN=Cc2ccc(COc3cc(F)cc(F)c3)cc2)n1. The normalized spacial score (nSPS) is 11.0. The Bertz CT molecular complexity index is 858. The molecule has 25 heavy (non-hydrogen) atoms. The van der Waals surface area contributed by atoms with E-state index in [1.807, 2.05) is 36.6 Å². The van der Waals surface area contributed by atoms with E-state index in [-0.39, 0.29) is 12.4 Å². The predicted octanol–water partition coefficient (Wildman–Crippen LogP) is 4.75. The number of aromatic nitrogens is 1. The third-order valence-corrected chi connectivity index (χ3v) is 4.08. The molecule has 1 N–H and O–H groups in total. The van der Waals surface area contributed by atoms with Crippen LogP contribution < -0.4 is 10.2 Å². The fraction of sp³-hybridized carbons (Fsp3) is 0.111. The van der Waals surface area contributed by atoms with E-state index in [2.05, 4.69) is 15.5 Å². The smallest absolute Gasteiger partial charge is 0.203 e. The molecule has 0 saturated carbocycles. The summed E-state index contributed by atoms with van der Waals surface area (Å²) in [4.78, 5) is 4.25. The highest BCUT2D eigenvalue weighted by molar-refractivity contribution is 7.13. The minimum atomic E-state index is -0.663. The largest absolute Gasteiger partial charge is 0.489 e. The summed E-state index contributed by atoms with van der Waals surface area (Å²) in [5, 5.41) is 6.80. The number of anilines is 1. The minimum absolute atomic E-state index is 0.158. The number of thiazole rings is 1. The van der Waals surface area contributed by atoms with Crippen molar-refractivity contribution in [1.29, 1.82) is 0 Å². The van der Waals surface area contributed by atoms with E-state index >= 15 is 0 Å². The number of hydrogen-bond donors (Lipinski definition) is 1. The van der Waals surface area contributed by atoms with Crippen LogP contribution in [0.5, 0.6) is 5.75 Å². The molecule has 0 aliphatic rings.